The Morgan fingerprint density at radius 1 is 1.30 bits per heavy atom. The lowest BCUT2D eigenvalue weighted by atomic mass is 10.0. The molecule has 4 N–H and O–H groups in total. The molecule has 4 rings (SSSR count). The van der Waals surface area contributed by atoms with Crippen LogP contribution >= 0.6 is 0 Å². The molecule has 23 heavy (non-hydrogen) atoms. The third kappa shape index (κ3) is 2.04. The van der Waals surface area contributed by atoms with E-state index in [1.165, 1.54) is 6.33 Å². The normalized spacial score (nSPS) is 13.3. The molecule has 2 aromatic heterocycles. The van der Waals surface area contributed by atoms with Gasteiger partial charge < -0.3 is 20.7 Å². The van der Waals surface area contributed by atoms with Gasteiger partial charge in [-0.05, 0) is 18.6 Å². The van der Waals surface area contributed by atoms with Crippen molar-refractivity contribution in [2.45, 2.75) is 13.0 Å². The van der Waals surface area contributed by atoms with Gasteiger partial charge in [-0.1, -0.05) is 0 Å². The summed E-state index contributed by atoms with van der Waals surface area (Å²) in [4.78, 5) is 8.26. The van der Waals surface area contributed by atoms with Crippen LogP contribution in [0.3, 0.4) is 0 Å². The fraction of sp³-hybridized carbons (Fsp3) is 0.250. The molecular formula is C16H16FN5O. The van der Waals surface area contributed by atoms with Crippen molar-refractivity contribution in [3.05, 3.63) is 36.0 Å². The molecule has 0 bridgehead atoms. The lowest BCUT2D eigenvalue weighted by Crippen LogP contribution is -2.02. The molecular weight excluding hydrogens is 297 g/mol. The molecule has 6 nitrogen and oxygen atoms in total. The van der Waals surface area contributed by atoms with Crippen molar-refractivity contribution in [2.24, 2.45) is 0 Å². The molecule has 0 aliphatic carbocycles. The molecule has 0 spiro atoms. The number of benzene rings is 1. The highest BCUT2D eigenvalue weighted by Gasteiger charge is 2.22. The molecule has 0 unspecified atom stereocenters. The van der Waals surface area contributed by atoms with Crippen molar-refractivity contribution in [3.63, 3.8) is 0 Å². The zero-order valence-corrected chi connectivity index (χ0v) is 12.4. The van der Waals surface area contributed by atoms with Gasteiger partial charge in [-0.2, -0.15) is 0 Å². The van der Waals surface area contributed by atoms with Crippen LogP contribution in [0.15, 0.2) is 24.7 Å². The molecule has 3 heterocycles. The Morgan fingerprint density at radius 2 is 2.17 bits per heavy atom. The van der Waals surface area contributed by atoms with Crippen LogP contribution in [-0.4, -0.2) is 32.8 Å². The number of nitrogen functional groups attached to an aromatic ring is 1. The van der Waals surface area contributed by atoms with Crippen molar-refractivity contribution in [3.8, 4) is 11.1 Å². The number of aliphatic hydroxyl groups is 1. The summed E-state index contributed by atoms with van der Waals surface area (Å²) in [5.74, 6) is 0.0681. The minimum Gasteiger partial charge on any atom is -0.395 e. The van der Waals surface area contributed by atoms with E-state index in [1.54, 1.807) is 16.8 Å². The second-order valence-corrected chi connectivity index (χ2v) is 5.55. The highest BCUT2D eigenvalue weighted by molar-refractivity contribution is 6.01. The number of anilines is 2. The lowest BCUT2D eigenvalue weighted by molar-refractivity contribution is 0.278. The van der Waals surface area contributed by atoms with Crippen LogP contribution in [-0.2, 0) is 13.0 Å². The molecule has 0 atom stereocenters. The van der Waals surface area contributed by atoms with Crippen molar-refractivity contribution < 1.29 is 9.50 Å². The largest absolute Gasteiger partial charge is 0.395 e. The van der Waals surface area contributed by atoms with Gasteiger partial charge >= 0.3 is 0 Å². The van der Waals surface area contributed by atoms with Crippen LogP contribution in [0, 0.1) is 5.82 Å². The summed E-state index contributed by atoms with van der Waals surface area (Å²) in [6.45, 7) is 1.07. The van der Waals surface area contributed by atoms with E-state index in [-0.39, 0.29) is 12.4 Å². The molecule has 0 saturated heterocycles. The van der Waals surface area contributed by atoms with Gasteiger partial charge in [0.15, 0.2) is 0 Å². The first kappa shape index (κ1) is 14.0. The Labute approximate surface area is 131 Å². The highest BCUT2D eigenvalue weighted by Crippen LogP contribution is 2.37. The molecule has 0 amide bonds. The third-order valence-corrected chi connectivity index (χ3v) is 4.25. The van der Waals surface area contributed by atoms with E-state index < -0.39 is 0 Å². The Morgan fingerprint density at radius 3 is 3.00 bits per heavy atom. The van der Waals surface area contributed by atoms with Gasteiger partial charge in [0.05, 0.1) is 12.0 Å². The van der Waals surface area contributed by atoms with E-state index >= 15 is 0 Å². The molecule has 1 aliphatic rings. The summed E-state index contributed by atoms with van der Waals surface area (Å²) >= 11 is 0. The Bertz CT molecular complexity index is 905. The first-order valence-electron chi connectivity index (χ1n) is 7.46. The highest BCUT2D eigenvalue weighted by atomic mass is 19.1. The van der Waals surface area contributed by atoms with Crippen LogP contribution in [0.4, 0.5) is 15.9 Å². The summed E-state index contributed by atoms with van der Waals surface area (Å²) in [6.07, 6.45) is 3.81. The third-order valence-electron chi connectivity index (χ3n) is 4.25. The van der Waals surface area contributed by atoms with Crippen LogP contribution in [0.2, 0.25) is 0 Å². The first-order valence-corrected chi connectivity index (χ1v) is 7.46. The monoisotopic (exact) mass is 313 g/mol. The molecule has 118 valence electrons. The van der Waals surface area contributed by atoms with Gasteiger partial charge in [-0.25, -0.2) is 14.4 Å². The lowest BCUT2D eigenvalue weighted by Gasteiger charge is -2.07. The molecule has 0 radical (unpaired) electrons. The van der Waals surface area contributed by atoms with Gasteiger partial charge in [-0.3, -0.25) is 0 Å². The molecule has 0 fully saturated rings. The summed E-state index contributed by atoms with van der Waals surface area (Å²) in [5, 5.41) is 13.0. The minimum absolute atomic E-state index is 0.0380. The van der Waals surface area contributed by atoms with Gasteiger partial charge in [0, 0.05) is 41.7 Å². The summed E-state index contributed by atoms with van der Waals surface area (Å²) in [7, 11) is 0. The second-order valence-electron chi connectivity index (χ2n) is 5.55. The fourth-order valence-corrected chi connectivity index (χ4v) is 3.19. The first-order chi connectivity index (χ1) is 11.2. The van der Waals surface area contributed by atoms with Crippen molar-refractivity contribution in [2.75, 3.05) is 24.2 Å². The number of nitrogens with two attached hydrogens (primary N) is 1. The summed E-state index contributed by atoms with van der Waals surface area (Å²) in [5.41, 5.74) is 9.27. The molecule has 1 aliphatic heterocycles. The standard InChI is InChI=1S/C16H16FN5O/c17-14-9(1-2-12-10(14)3-4-19-12)11-7-22(5-6-23)16-13(11)15(18)20-8-21-16/h1-2,7-8,19,23H,3-6H2,(H2,18,20,21). The number of aromatic nitrogens is 3. The van der Waals surface area contributed by atoms with Crippen molar-refractivity contribution in [1.29, 1.82) is 0 Å². The predicted molar refractivity (Wildman–Crippen MR) is 86.6 cm³/mol. The average molecular weight is 313 g/mol. The van der Waals surface area contributed by atoms with E-state index in [0.29, 0.717) is 46.5 Å². The second kappa shape index (κ2) is 5.20. The molecule has 7 heteroatoms. The van der Waals surface area contributed by atoms with E-state index in [2.05, 4.69) is 15.3 Å². The zero-order chi connectivity index (χ0) is 16.0. The van der Waals surface area contributed by atoms with Crippen LogP contribution in [0.5, 0.6) is 0 Å². The molecule has 3 aromatic rings. The molecule has 0 saturated carbocycles. The average Bonchev–Trinajstić information content (AvgIpc) is 3.15. The van der Waals surface area contributed by atoms with E-state index in [1.807, 2.05) is 6.07 Å². The number of fused-ring (bicyclic) bond motifs is 2. The minimum atomic E-state index is -0.237. The quantitative estimate of drug-likeness (QED) is 0.686. The number of rotatable bonds is 3. The topological polar surface area (TPSA) is 89.0 Å². The van der Waals surface area contributed by atoms with Crippen LogP contribution in [0.1, 0.15) is 5.56 Å². The fourth-order valence-electron chi connectivity index (χ4n) is 3.19. The Balaban J connectivity index is 2.00. The maximum absolute atomic E-state index is 14.9. The Kier molecular flexibility index (Phi) is 3.16. The van der Waals surface area contributed by atoms with Crippen LogP contribution < -0.4 is 11.1 Å². The maximum atomic E-state index is 14.9. The predicted octanol–water partition coefficient (Wildman–Crippen LogP) is 1.78. The molecule has 1 aromatic carbocycles. The van der Waals surface area contributed by atoms with E-state index in [4.69, 9.17) is 5.73 Å². The number of hydrogen-bond donors (Lipinski definition) is 3. The SMILES string of the molecule is Nc1ncnc2c1c(-c1ccc3c(c1F)CCN3)cn2CCO. The van der Waals surface area contributed by atoms with Gasteiger partial charge in [0.25, 0.3) is 0 Å². The van der Waals surface area contributed by atoms with Gasteiger partial charge in [0.2, 0.25) is 0 Å². The van der Waals surface area contributed by atoms with Crippen molar-refractivity contribution >= 4 is 22.5 Å². The van der Waals surface area contributed by atoms with Crippen LogP contribution in [0.25, 0.3) is 22.2 Å². The van der Waals surface area contributed by atoms with Gasteiger partial charge in [-0.15, -0.1) is 0 Å². The van der Waals surface area contributed by atoms with Gasteiger partial charge in [0.1, 0.15) is 23.6 Å². The number of nitrogens with zero attached hydrogens (tertiary/aromatic N) is 3. The number of hydrogen-bond acceptors (Lipinski definition) is 5. The zero-order valence-electron chi connectivity index (χ0n) is 12.4. The summed E-state index contributed by atoms with van der Waals surface area (Å²) in [6, 6.07) is 3.63. The number of halogens is 1. The van der Waals surface area contributed by atoms with E-state index in [0.717, 1.165) is 12.2 Å². The van der Waals surface area contributed by atoms with E-state index in [9.17, 15) is 9.50 Å². The Hall–Kier alpha value is -2.67. The maximum Gasteiger partial charge on any atom is 0.146 e. The summed E-state index contributed by atoms with van der Waals surface area (Å²) < 4.78 is 16.7. The van der Waals surface area contributed by atoms with Crippen molar-refractivity contribution in [1.82, 2.24) is 14.5 Å². The smallest absolute Gasteiger partial charge is 0.146 e. The number of nitrogens with one attached hydrogen (secondary N) is 1. The number of aliphatic hydroxyl groups excluding tert-OH is 1.